The van der Waals surface area contributed by atoms with Crippen LogP contribution in [0.3, 0.4) is 0 Å². The molecule has 7 nitrogen and oxygen atoms in total. The Balaban J connectivity index is 1.48. The van der Waals surface area contributed by atoms with Gasteiger partial charge in [-0.05, 0) is 49.2 Å². The first kappa shape index (κ1) is 18.8. The number of nitrogens with zero attached hydrogens (tertiary/aromatic N) is 2. The Morgan fingerprint density at radius 3 is 2.93 bits per heavy atom. The largest absolute Gasteiger partial charge is 0.467 e. The molecule has 1 saturated heterocycles. The average Bonchev–Trinajstić information content (AvgIpc) is 3.36. The van der Waals surface area contributed by atoms with Gasteiger partial charge >= 0.3 is 0 Å². The standard InChI is InChI=1S/C20H23N3O4S/c1-22-10-8-15-12-18(6-7-19(15)22)28(25,26)23-9-2-4-16(14-23)20(24)21-13-17-5-3-11-27-17/h3,5-8,10-12,16H,2,4,9,13-14H2,1H3,(H,21,24)/t16-/m1/s1. The average molecular weight is 401 g/mol. The molecule has 148 valence electrons. The molecule has 8 heteroatoms. The molecular formula is C20H23N3O4S. The van der Waals surface area contributed by atoms with Gasteiger partial charge in [0, 0.05) is 37.2 Å². The van der Waals surface area contributed by atoms with E-state index in [9.17, 15) is 13.2 Å². The third-order valence-electron chi connectivity index (χ3n) is 5.27. The molecular weight excluding hydrogens is 378 g/mol. The summed E-state index contributed by atoms with van der Waals surface area (Å²) >= 11 is 0. The number of hydrogen-bond donors (Lipinski definition) is 1. The van der Waals surface area contributed by atoms with Crippen LogP contribution in [0.2, 0.25) is 0 Å². The van der Waals surface area contributed by atoms with Crippen molar-refractivity contribution >= 4 is 26.8 Å². The topological polar surface area (TPSA) is 84.5 Å². The number of nitrogens with one attached hydrogen (secondary N) is 1. The van der Waals surface area contributed by atoms with Crippen molar-refractivity contribution in [3.05, 3.63) is 54.6 Å². The van der Waals surface area contributed by atoms with Crippen molar-refractivity contribution < 1.29 is 17.6 Å². The molecule has 3 heterocycles. The van der Waals surface area contributed by atoms with Gasteiger partial charge < -0.3 is 14.3 Å². The second-order valence-electron chi connectivity index (χ2n) is 7.15. The van der Waals surface area contributed by atoms with Gasteiger partial charge in [-0.15, -0.1) is 0 Å². The third-order valence-corrected chi connectivity index (χ3v) is 7.13. The number of hydrogen-bond acceptors (Lipinski definition) is 4. The highest BCUT2D eigenvalue weighted by Gasteiger charge is 2.33. The monoisotopic (exact) mass is 401 g/mol. The lowest BCUT2D eigenvalue weighted by Gasteiger charge is -2.31. The van der Waals surface area contributed by atoms with Gasteiger partial charge in [0.25, 0.3) is 0 Å². The van der Waals surface area contributed by atoms with Crippen LogP contribution in [0.15, 0.2) is 58.2 Å². The van der Waals surface area contributed by atoms with E-state index in [0.29, 0.717) is 31.7 Å². The summed E-state index contributed by atoms with van der Waals surface area (Å²) < 4.78 is 34.8. The number of rotatable bonds is 5. The lowest BCUT2D eigenvalue weighted by Crippen LogP contribution is -2.45. The zero-order valence-corrected chi connectivity index (χ0v) is 16.5. The minimum absolute atomic E-state index is 0.144. The summed E-state index contributed by atoms with van der Waals surface area (Å²) in [6, 6.07) is 10.6. The highest BCUT2D eigenvalue weighted by Crippen LogP contribution is 2.26. The molecule has 2 aromatic heterocycles. The number of carbonyl (C=O) groups excluding carboxylic acids is 1. The number of aryl methyl sites for hydroxylation is 1. The quantitative estimate of drug-likeness (QED) is 0.712. The number of fused-ring (bicyclic) bond motifs is 1. The second kappa shape index (κ2) is 7.44. The molecule has 1 fully saturated rings. The Hall–Kier alpha value is -2.58. The fraction of sp³-hybridized carbons (Fsp3) is 0.350. The summed E-state index contributed by atoms with van der Waals surface area (Å²) in [6.45, 7) is 0.927. The van der Waals surface area contributed by atoms with Crippen molar-refractivity contribution in [3.63, 3.8) is 0 Å². The number of aromatic nitrogens is 1. The lowest BCUT2D eigenvalue weighted by molar-refractivity contribution is -0.126. The maximum Gasteiger partial charge on any atom is 0.243 e. The van der Waals surface area contributed by atoms with E-state index in [4.69, 9.17) is 4.42 Å². The van der Waals surface area contributed by atoms with Crippen molar-refractivity contribution in [2.75, 3.05) is 13.1 Å². The molecule has 0 unspecified atom stereocenters. The van der Waals surface area contributed by atoms with Gasteiger partial charge in [-0.1, -0.05) is 0 Å². The minimum atomic E-state index is -3.64. The summed E-state index contributed by atoms with van der Waals surface area (Å²) in [4.78, 5) is 12.8. The van der Waals surface area contributed by atoms with E-state index in [1.807, 2.05) is 29.9 Å². The van der Waals surface area contributed by atoms with E-state index in [0.717, 1.165) is 10.9 Å². The number of sulfonamides is 1. The predicted molar refractivity (Wildman–Crippen MR) is 105 cm³/mol. The Morgan fingerprint density at radius 2 is 2.14 bits per heavy atom. The molecule has 1 aromatic carbocycles. The maximum atomic E-state index is 13.1. The van der Waals surface area contributed by atoms with Crippen LogP contribution in [-0.4, -0.2) is 36.3 Å². The number of piperidine rings is 1. The first-order valence-corrected chi connectivity index (χ1v) is 10.7. The van der Waals surface area contributed by atoms with E-state index < -0.39 is 10.0 Å². The van der Waals surface area contributed by atoms with Gasteiger partial charge in [-0.2, -0.15) is 4.31 Å². The molecule has 1 atom stereocenters. The van der Waals surface area contributed by atoms with Crippen LogP contribution in [0.1, 0.15) is 18.6 Å². The Bertz CT molecular complexity index is 1090. The Labute approximate surface area is 164 Å². The van der Waals surface area contributed by atoms with E-state index in [-0.39, 0.29) is 23.3 Å². The van der Waals surface area contributed by atoms with Gasteiger partial charge in [0.05, 0.1) is 23.6 Å². The molecule has 3 aromatic rings. The molecule has 1 aliphatic heterocycles. The molecule has 28 heavy (non-hydrogen) atoms. The Kier molecular flexibility index (Phi) is 4.99. The zero-order valence-electron chi connectivity index (χ0n) is 15.7. The van der Waals surface area contributed by atoms with Crippen molar-refractivity contribution in [1.29, 1.82) is 0 Å². The minimum Gasteiger partial charge on any atom is -0.467 e. The second-order valence-corrected chi connectivity index (χ2v) is 9.08. The maximum absolute atomic E-state index is 13.1. The first-order valence-electron chi connectivity index (χ1n) is 9.30. The molecule has 1 aliphatic rings. The van der Waals surface area contributed by atoms with Gasteiger partial charge in [0.1, 0.15) is 5.76 Å². The van der Waals surface area contributed by atoms with Crippen LogP contribution in [-0.2, 0) is 28.4 Å². The van der Waals surface area contributed by atoms with Crippen LogP contribution >= 0.6 is 0 Å². The third kappa shape index (κ3) is 3.57. The summed E-state index contributed by atoms with van der Waals surface area (Å²) in [5.74, 6) is 0.165. The Morgan fingerprint density at radius 1 is 1.29 bits per heavy atom. The summed E-state index contributed by atoms with van der Waals surface area (Å²) in [5, 5.41) is 3.72. The highest BCUT2D eigenvalue weighted by molar-refractivity contribution is 7.89. The van der Waals surface area contributed by atoms with E-state index in [2.05, 4.69) is 5.32 Å². The number of benzene rings is 1. The SMILES string of the molecule is Cn1ccc2cc(S(=O)(=O)N3CCC[C@@H](C(=O)NCc4ccco4)C3)ccc21. The number of amides is 1. The summed E-state index contributed by atoms with van der Waals surface area (Å²) in [6.07, 6.45) is 4.79. The van der Waals surface area contributed by atoms with Crippen molar-refractivity contribution in [3.8, 4) is 0 Å². The molecule has 0 bridgehead atoms. The number of furan rings is 1. The summed E-state index contributed by atoms with van der Waals surface area (Å²) in [5.41, 5.74) is 0.979. The molecule has 4 rings (SSSR count). The fourth-order valence-electron chi connectivity index (χ4n) is 3.68. The molecule has 0 aliphatic carbocycles. The molecule has 1 amide bonds. The summed E-state index contributed by atoms with van der Waals surface area (Å²) in [7, 11) is -1.72. The van der Waals surface area contributed by atoms with Gasteiger partial charge in [0.2, 0.25) is 15.9 Å². The van der Waals surface area contributed by atoms with Crippen LogP contribution in [0.25, 0.3) is 10.9 Å². The van der Waals surface area contributed by atoms with Gasteiger partial charge in [0.15, 0.2) is 0 Å². The predicted octanol–water partition coefficient (Wildman–Crippen LogP) is 2.49. The van der Waals surface area contributed by atoms with E-state index >= 15 is 0 Å². The lowest BCUT2D eigenvalue weighted by atomic mass is 9.99. The normalized spacial score (nSPS) is 18.4. The molecule has 1 N–H and O–H groups in total. The van der Waals surface area contributed by atoms with Gasteiger partial charge in [-0.25, -0.2) is 8.42 Å². The van der Waals surface area contributed by atoms with Crippen molar-refractivity contribution in [2.24, 2.45) is 13.0 Å². The van der Waals surface area contributed by atoms with Gasteiger partial charge in [-0.3, -0.25) is 4.79 Å². The fourth-order valence-corrected chi connectivity index (χ4v) is 5.24. The zero-order chi connectivity index (χ0) is 19.7. The van der Waals surface area contributed by atoms with Crippen LogP contribution in [0.4, 0.5) is 0 Å². The molecule has 0 spiro atoms. The van der Waals surface area contributed by atoms with Crippen molar-refractivity contribution in [2.45, 2.75) is 24.3 Å². The van der Waals surface area contributed by atoms with Crippen molar-refractivity contribution in [1.82, 2.24) is 14.2 Å². The first-order chi connectivity index (χ1) is 13.4. The van der Waals surface area contributed by atoms with Crippen LogP contribution < -0.4 is 5.32 Å². The van der Waals surface area contributed by atoms with Crippen LogP contribution in [0.5, 0.6) is 0 Å². The van der Waals surface area contributed by atoms with E-state index in [1.165, 1.54) is 4.31 Å². The smallest absolute Gasteiger partial charge is 0.243 e. The molecule has 0 saturated carbocycles. The molecule has 0 radical (unpaired) electrons. The highest BCUT2D eigenvalue weighted by atomic mass is 32.2. The van der Waals surface area contributed by atoms with E-state index in [1.54, 1.807) is 30.5 Å². The number of carbonyl (C=O) groups is 1. The van der Waals surface area contributed by atoms with Crippen LogP contribution in [0, 0.1) is 5.92 Å².